The second kappa shape index (κ2) is 7.10. The molecule has 0 aliphatic carbocycles. The van der Waals surface area contributed by atoms with Crippen molar-refractivity contribution < 1.29 is 4.74 Å². The Balaban J connectivity index is 1.48. The standard InChI is InChI=1S/C20H26N4O/c1-14-5-6-15(19(10-14)25-2)12-24-9-7-17-16(13-24)11-22-20(23-17)18-4-3-8-21-18/h5-6,10-11,18,21H,3-4,7-9,12-13H2,1-2H3/t18-/m0/s1. The van der Waals surface area contributed by atoms with Crippen LogP contribution in [0, 0.1) is 6.92 Å². The minimum absolute atomic E-state index is 0.347. The predicted octanol–water partition coefficient (Wildman–Crippen LogP) is 2.78. The third kappa shape index (κ3) is 3.53. The van der Waals surface area contributed by atoms with Gasteiger partial charge in [0.05, 0.1) is 13.2 Å². The Hall–Kier alpha value is -1.98. The molecule has 132 valence electrons. The van der Waals surface area contributed by atoms with Crippen molar-refractivity contribution in [3.63, 3.8) is 0 Å². The third-order valence-electron chi connectivity index (χ3n) is 5.24. The fourth-order valence-electron chi connectivity index (χ4n) is 3.82. The van der Waals surface area contributed by atoms with E-state index in [1.54, 1.807) is 7.11 Å². The summed E-state index contributed by atoms with van der Waals surface area (Å²) in [6.07, 6.45) is 5.40. The van der Waals surface area contributed by atoms with E-state index in [2.05, 4.69) is 40.3 Å². The number of benzene rings is 1. The Morgan fingerprint density at radius 1 is 1.36 bits per heavy atom. The summed E-state index contributed by atoms with van der Waals surface area (Å²) < 4.78 is 5.55. The molecule has 5 nitrogen and oxygen atoms in total. The monoisotopic (exact) mass is 338 g/mol. The second-order valence-electron chi connectivity index (χ2n) is 7.13. The lowest BCUT2D eigenvalue weighted by Gasteiger charge is -2.29. The largest absolute Gasteiger partial charge is 0.496 e. The van der Waals surface area contributed by atoms with Gasteiger partial charge in [0, 0.05) is 49.1 Å². The van der Waals surface area contributed by atoms with Crippen LogP contribution in [0.2, 0.25) is 0 Å². The minimum atomic E-state index is 0.347. The fourth-order valence-corrected chi connectivity index (χ4v) is 3.82. The first-order valence-corrected chi connectivity index (χ1v) is 9.17. The summed E-state index contributed by atoms with van der Waals surface area (Å²) >= 11 is 0. The number of hydrogen-bond donors (Lipinski definition) is 1. The molecule has 0 spiro atoms. The van der Waals surface area contributed by atoms with Crippen LogP contribution in [0.3, 0.4) is 0 Å². The van der Waals surface area contributed by atoms with E-state index in [1.807, 2.05) is 6.20 Å². The Kier molecular flexibility index (Phi) is 4.68. The van der Waals surface area contributed by atoms with E-state index in [-0.39, 0.29) is 0 Å². The zero-order chi connectivity index (χ0) is 17.2. The SMILES string of the molecule is COc1cc(C)ccc1CN1CCc2nc([C@@H]3CCCN3)ncc2C1. The van der Waals surface area contributed by atoms with E-state index in [9.17, 15) is 0 Å². The molecule has 1 atom stereocenters. The zero-order valence-electron chi connectivity index (χ0n) is 15.1. The van der Waals surface area contributed by atoms with E-state index in [4.69, 9.17) is 9.72 Å². The van der Waals surface area contributed by atoms with Crippen LogP contribution in [-0.4, -0.2) is 35.1 Å². The average molecular weight is 338 g/mol. The van der Waals surface area contributed by atoms with Gasteiger partial charge in [0.25, 0.3) is 0 Å². The number of rotatable bonds is 4. The highest BCUT2D eigenvalue weighted by Gasteiger charge is 2.23. The van der Waals surface area contributed by atoms with Crippen molar-refractivity contribution in [2.75, 3.05) is 20.2 Å². The van der Waals surface area contributed by atoms with E-state index >= 15 is 0 Å². The summed E-state index contributed by atoms with van der Waals surface area (Å²) in [6.45, 7) is 6.01. The topological polar surface area (TPSA) is 50.3 Å². The van der Waals surface area contributed by atoms with Crippen molar-refractivity contribution in [1.29, 1.82) is 0 Å². The van der Waals surface area contributed by atoms with Gasteiger partial charge in [0.15, 0.2) is 0 Å². The smallest absolute Gasteiger partial charge is 0.145 e. The summed E-state index contributed by atoms with van der Waals surface area (Å²) in [6, 6.07) is 6.78. The van der Waals surface area contributed by atoms with Crippen LogP contribution >= 0.6 is 0 Å². The summed E-state index contributed by atoms with van der Waals surface area (Å²) in [5.74, 6) is 1.95. The van der Waals surface area contributed by atoms with E-state index in [0.29, 0.717) is 6.04 Å². The third-order valence-corrected chi connectivity index (χ3v) is 5.24. The van der Waals surface area contributed by atoms with Crippen molar-refractivity contribution in [2.24, 2.45) is 0 Å². The number of methoxy groups -OCH3 is 1. The van der Waals surface area contributed by atoms with Crippen molar-refractivity contribution in [2.45, 2.75) is 45.3 Å². The Bertz CT molecular complexity index is 755. The predicted molar refractivity (Wildman–Crippen MR) is 97.6 cm³/mol. The number of hydrogen-bond acceptors (Lipinski definition) is 5. The maximum atomic E-state index is 5.55. The normalized spacial score (nSPS) is 20.5. The van der Waals surface area contributed by atoms with Gasteiger partial charge in [-0.05, 0) is 37.9 Å². The molecule has 4 rings (SSSR count). The van der Waals surface area contributed by atoms with Gasteiger partial charge in [-0.1, -0.05) is 12.1 Å². The van der Waals surface area contributed by atoms with Crippen molar-refractivity contribution in [3.05, 3.63) is 52.6 Å². The summed E-state index contributed by atoms with van der Waals surface area (Å²) in [5, 5.41) is 3.49. The molecule has 1 saturated heterocycles. The first kappa shape index (κ1) is 16.5. The highest BCUT2D eigenvalue weighted by molar-refractivity contribution is 5.37. The molecule has 0 saturated carbocycles. The van der Waals surface area contributed by atoms with Gasteiger partial charge in [-0.15, -0.1) is 0 Å². The quantitative estimate of drug-likeness (QED) is 0.929. The average Bonchev–Trinajstić information content (AvgIpc) is 3.17. The lowest BCUT2D eigenvalue weighted by atomic mass is 10.0. The molecular weight excluding hydrogens is 312 g/mol. The number of nitrogens with zero attached hydrogens (tertiary/aromatic N) is 3. The Labute approximate surface area is 149 Å². The van der Waals surface area contributed by atoms with E-state index < -0.39 is 0 Å². The van der Waals surface area contributed by atoms with Crippen LogP contribution in [0.1, 0.15) is 47.1 Å². The molecule has 2 aliphatic rings. The highest BCUT2D eigenvalue weighted by Crippen LogP contribution is 2.26. The van der Waals surface area contributed by atoms with Gasteiger partial charge in [0.1, 0.15) is 11.6 Å². The Morgan fingerprint density at radius 2 is 2.28 bits per heavy atom. The van der Waals surface area contributed by atoms with Gasteiger partial charge >= 0.3 is 0 Å². The number of aryl methyl sites for hydroxylation is 1. The first-order chi connectivity index (χ1) is 12.2. The van der Waals surface area contributed by atoms with Crippen molar-refractivity contribution in [1.82, 2.24) is 20.2 Å². The molecule has 5 heteroatoms. The molecule has 0 amide bonds. The zero-order valence-corrected chi connectivity index (χ0v) is 15.1. The van der Waals surface area contributed by atoms with E-state index in [0.717, 1.165) is 50.6 Å². The van der Waals surface area contributed by atoms with Crippen molar-refractivity contribution in [3.8, 4) is 5.75 Å². The van der Waals surface area contributed by atoms with Gasteiger partial charge < -0.3 is 10.1 Å². The molecule has 3 heterocycles. The van der Waals surface area contributed by atoms with Crippen LogP contribution in [0.5, 0.6) is 5.75 Å². The van der Waals surface area contributed by atoms with Crippen LogP contribution in [0.15, 0.2) is 24.4 Å². The maximum absolute atomic E-state index is 5.55. The molecular formula is C20H26N4O. The van der Waals surface area contributed by atoms with Crippen LogP contribution in [0.25, 0.3) is 0 Å². The number of fused-ring (bicyclic) bond motifs is 1. The molecule has 0 bridgehead atoms. The molecule has 2 aromatic rings. The molecule has 0 unspecified atom stereocenters. The summed E-state index contributed by atoms with van der Waals surface area (Å²) in [5.41, 5.74) is 4.96. The highest BCUT2D eigenvalue weighted by atomic mass is 16.5. The fraction of sp³-hybridized carbons (Fsp3) is 0.500. The van der Waals surface area contributed by atoms with Crippen LogP contribution in [0.4, 0.5) is 0 Å². The molecule has 1 N–H and O–H groups in total. The van der Waals surface area contributed by atoms with Gasteiger partial charge in [0.2, 0.25) is 0 Å². The summed E-state index contributed by atoms with van der Waals surface area (Å²) in [7, 11) is 1.75. The van der Waals surface area contributed by atoms with Gasteiger partial charge in [-0.2, -0.15) is 0 Å². The molecule has 1 aromatic carbocycles. The summed E-state index contributed by atoms with van der Waals surface area (Å²) in [4.78, 5) is 11.9. The van der Waals surface area contributed by atoms with Gasteiger partial charge in [-0.25, -0.2) is 9.97 Å². The lowest BCUT2D eigenvalue weighted by molar-refractivity contribution is 0.238. The Morgan fingerprint density at radius 3 is 3.08 bits per heavy atom. The number of ether oxygens (including phenoxy) is 1. The van der Waals surface area contributed by atoms with Crippen LogP contribution in [-0.2, 0) is 19.5 Å². The first-order valence-electron chi connectivity index (χ1n) is 9.17. The van der Waals surface area contributed by atoms with Crippen LogP contribution < -0.4 is 10.1 Å². The minimum Gasteiger partial charge on any atom is -0.496 e. The maximum Gasteiger partial charge on any atom is 0.145 e. The molecule has 1 aromatic heterocycles. The molecule has 1 fully saturated rings. The number of aromatic nitrogens is 2. The second-order valence-corrected chi connectivity index (χ2v) is 7.13. The lowest BCUT2D eigenvalue weighted by Crippen LogP contribution is -2.31. The van der Waals surface area contributed by atoms with Gasteiger partial charge in [-0.3, -0.25) is 4.90 Å². The van der Waals surface area contributed by atoms with E-state index in [1.165, 1.54) is 28.8 Å². The number of nitrogens with one attached hydrogen (secondary N) is 1. The van der Waals surface area contributed by atoms with Crippen molar-refractivity contribution >= 4 is 0 Å². The molecule has 2 aliphatic heterocycles. The molecule has 25 heavy (non-hydrogen) atoms. The molecule has 0 radical (unpaired) electrons.